The van der Waals surface area contributed by atoms with E-state index in [-0.39, 0.29) is 34.8 Å². The lowest BCUT2D eigenvalue weighted by Gasteiger charge is -2.62. The number of carbonyl (C=O) groups excluding carboxylic acids is 1. The van der Waals surface area contributed by atoms with Crippen LogP contribution in [0.3, 0.4) is 0 Å². The lowest BCUT2D eigenvalue weighted by atomic mass is 9.43. The number of nitrogens with zero attached hydrogens (tertiary/aromatic N) is 3. The van der Waals surface area contributed by atoms with E-state index in [0.29, 0.717) is 85.9 Å². The Morgan fingerprint density at radius 2 is 1.87 bits per heavy atom. The van der Waals surface area contributed by atoms with Crippen LogP contribution in [0.25, 0.3) is 0 Å². The Morgan fingerprint density at radius 3 is 2.70 bits per heavy atom. The minimum atomic E-state index is -0.250. The monoisotopic (exact) mass is 646 g/mol. The van der Waals surface area contributed by atoms with Gasteiger partial charge in [-0.3, -0.25) is 4.79 Å². The molecule has 10 atom stereocenters. The number of hydrogen-bond acceptors (Lipinski definition) is 6. The molecule has 0 unspecified atom stereocenters. The summed E-state index contributed by atoms with van der Waals surface area (Å²) in [6.07, 6.45) is 12.7. The van der Waals surface area contributed by atoms with Gasteiger partial charge in [0.25, 0.3) is 0 Å². The lowest BCUT2D eigenvalue weighted by Crippen LogP contribution is -2.58. The van der Waals surface area contributed by atoms with Crippen molar-refractivity contribution in [3.8, 4) is 0 Å². The molecule has 4 saturated carbocycles. The summed E-state index contributed by atoms with van der Waals surface area (Å²) in [5, 5.41) is 25.2. The molecule has 47 heavy (non-hydrogen) atoms. The van der Waals surface area contributed by atoms with Crippen LogP contribution < -0.4 is 5.32 Å². The Labute approximate surface area is 280 Å². The van der Waals surface area contributed by atoms with E-state index in [9.17, 15) is 19.4 Å². The van der Waals surface area contributed by atoms with Crippen LogP contribution in [0.4, 0.5) is 10.3 Å². The van der Waals surface area contributed by atoms with Gasteiger partial charge in [0.1, 0.15) is 5.82 Å². The maximum Gasteiger partial charge on any atom is 0.222 e. The van der Waals surface area contributed by atoms with E-state index in [2.05, 4.69) is 31.1 Å². The van der Waals surface area contributed by atoms with Crippen molar-refractivity contribution in [1.82, 2.24) is 14.9 Å². The minimum Gasteiger partial charge on any atom is -0.393 e. The predicted octanol–water partition coefficient (Wildman–Crippen LogP) is 6.56. The Bertz CT molecular complexity index is 1460. The molecule has 8 heteroatoms. The van der Waals surface area contributed by atoms with Crippen LogP contribution in [0.5, 0.6) is 0 Å². The normalized spacial score (nSPS) is 36.9. The van der Waals surface area contributed by atoms with E-state index < -0.39 is 0 Å². The summed E-state index contributed by atoms with van der Waals surface area (Å²) in [5.41, 5.74) is 3.15. The van der Waals surface area contributed by atoms with Crippen LogP contribution in [0.2, 0.25) is 0 Å². The molecule has 2 aromatic rings. The number of aliphatic hydroxyl groups excluding tert-OH is 2. The number of aromatic nitrogens is 2. The third-order valence-electron chi connectivity index (χ3n) is 14.2. The highest BCUT2D eigenvalue weighted by Gasteiger charge is 2.62. The Balaban J connectivity index is 0.920. The van der Waals surface area contributed by atoms with Crippen LogP contribution in [-0.2, 0) is 24.2 Å². The first-order chi connectivity index (χ1) is 22.6. The molecule has 0 spiro atoms. The maximum absolute atomic E-state index is 13.9. The van der Waals surface area contributed by atoms with Crippen LogP contribution in [-0.4, -0.2) is 56.3 Å². The van der Waals surface area contributed by atoms with Gasteiger partial charge >= 0.3 is 0 Å². The van der Waals surface area contributed by atoms with Crippen molar-refractivity contribution in [2.45, 2.75) is 117 Å². The third-order valence-corrected chi connectivity index (χ3v) is 14.2. The molecule has 0 bridgehead atoms. The number of halogens is 1. The number of nitrogens with one attached hydrogen (secondary N) is 1. The zero-order valence-electron chi connectivity index (χ0n) is 28.6. The summed E-state index contributed by atoms with van der Waals surface area (Å²) in [6, 6.07) is 6.82. The highest BCUT2D eigenvalue weighted by Crippen LogP contribution is 2.68. The van der Waals surface area contributed by atoms with Gasteiger partial charge in [0.15, 0.2) is 0 Å². The van der Waals surface area contributed by atoms with Crippen molar-refractivity contribution in [1.29, 1.82) is 0 Å². The smallest absolute Gasteiger partial charge is 0.222 e. The molecule has 5 aliphatic rings. The van der Waals surface area contributed by atoms with Gasteiger partial charge in [0.05, 0.1) is 17.9 Å². The molecule has 4 aliphatic carbocycles. The molecule has 1 aromatic carbocycles. The van der Waals surface area contributed by atoms with E-state index in [0.717, 1.165) is 43.4 Å². The number of fused-ring (bicyclic) bond motifs is 6. The van der Waals surface area contributed by atoms with Crippen molar-refractivity contribution >= 4 is 11.9 Å². The molecular weight excluding hydrogens is 591 g/mol. The van der Waals surface area contributed by atoms with E-state index in [1.807, 2.05) is 17.2 Å². The topological polar surface area (TPSA) is 98.6 Å². The van der Waals surface area contributed by atoms with E-state index in [1.54, 1.807) is 12.1 Å². The van der Waals surface area contributed by atoms with Gasteiger partial charge in [-0.1, -0.05) is 39.0 Å². The average molecular weight is 647 g/mol. The Hall–Kier alpha value is -2.58. The SMILES string of the molecule is C[C@H](CCC(=O)N1CCc2nc(NCCc3ccccc3F)ncc2C1)[C@H]1CC[C@H]2[C@@H]3[C@@H](O)C[C@@H]4C[C@H](O)CC[C@]4(C)[C@H]3CC[C@]12C. The van der Waals surface area contributed by atoms with Crippen molar-refractivity contribution < 1.29 is 19.4 Å². The zero-order valence-corrected chi connectivity index (χ0v) is 28.6. The first-order valence-electron chi connectivity index (χ1n) is 18.5. The molecule has 1 aliphatic heterocycles. The van der Waals surface area contributed by atoms with Crippen LogP contribution >= 0.6 is 0 Å². The minimum absolute atomic E-state index is 0.192. The number of aliphatic hydroxyl groups is 2. The zero-order chi connectivity index (χ0) is 32.9. The van der Waals surface area contributed by atoms with E-state index in [4.69, 9.17) is 4.98 Å². The second-order valence-electron chi connectivity index (χ2n) is 16.5. The molecule has 7 rings (SSSR count). The number of carbonyl (C=O) groups is 1. The van der Waals surface area contributed by atoms with E-state index >= 15 is 0 Å². The van der Waals surface area contributed by atoms with Gasteiger partial charge in [-0.15, -0.1) is 0 Å². The summed E-state index contributed by atoms with van der Waals surface area (Å²) in [7, 11) is 0. The van der Waals surface area contributed by atoms with Crippen LogP contribution in [0, 0.1) is 52.2 Å². The fourth-order valence-corrected chi connectivity index (χ4v) is 11.5. The van der Waals surface area contributed by atoms with Gasteiger partial charge in [-0.25, -0.2) is 14.4 Å². The fourth-order valence-electron chi connectivity index (χ4n) is 11.5. The van der Waals surface area contributed by atoms with Crippen molar-refractivity contribution in [2.24, 2.45) is 46.3 Å². The van der Waals surface area contributed by atoms with Gasteiger partial charge < -0.3 is 20.4 Å². The molecule has 4 fully saturated rings. The standard InChI is InChI=1S/C39H55FN4O3/c1-24(29-9-10-30-36-31(13-17-39(29,30)3)38(2)16-12-28(45)20-27(38)21-34(36)46)8-11-35(47)44-19-15-33-26(23-44)22-42-37(43-33)41-18-14-25-6-4-5-7-32(25)40/h4-7,22,24,27-31,34,36,45-46H,8-21,23H2,1-3H3,(H,41,42,43)/t24-,27+,28-,29-,30+,31+,34+,36+,38+,39-/m1/s1. The quantitative estimate of drug-likeness (QED) is 0.301. The predicted molar refractivity (Wildman–Crippen MR) is 181 cm³/mol. The average Bonchev–Trinajstić information content (AvgIpc) is 3.42. The number of rotatable bonds is 8. The number of anilines is 1. The summed E-state index contributed by atoms with van der Waals surface area (Å²) in [6.45, 7) is 9.14. The van der Waals surface area contributed by atoms with Crippen LogP contribution in [0.1, 0.15) is 102 Å². The fraction of sp³-hybridized carbons (Fsp3) is 0.718. The highest BCUT2D eigenvalue weighted by atomic mass is 19.1. The first-order valence-corrected chi connectivity index (χ1v) is 18.5. The third kappa shape index (κ3) is 6.11. The largest absolute Gasteiger partial charge is 0.393 e. The summed E-state index contributed by atoms with van der Waals surface area (Å²) < 4.78 is 13.9. The van der Waals surface area contributed by atoms with Crippen molar-refractivity contribution in [3.63, 3.8) is 0 Å². The molecule has 3 N–H and O–H groups in total. The molecule has 1 aromatic heterocycles. The first kappa shape index (κ1) is 32.9. The molecule has 0 saturated heterocycles. The maximum atomic E-state index is 13.9. The summed E-state index contributed by atoms with van der Waals surface area (Å²) in [4.78, 5) is 24.7. The second kappa shape index (κ2) is 13.0. The molecule has 1 amide bonds. The summed E-state index contributed by atoms with van der Waals surface area (Å²) in [5.74, 6) is 3.58. The van der Waals surface area contributed by atoms with Gasteiger partial charge in [-0.2, -0.15) is 0 Å². The molecular formula is C39H55FN4O3. The lowest BCUT2D eigenvalue weighted by molar-refractivity contribution is -0.174. The van der Waals surface area contributed by atoms with Crippen LogP contribution in [0.15, 0.2) is 30.5 Å². The molecule has 2 heterocycles. The molecule has 7 nitrogen and oxygen atoms in total. The van der Waals surface area contributed by atoms with Gasteiger partial charge in [0.2, 0.25) is 11.9 Å². The second-order valence-corrected chi connectivity index (χ2v) is 16.5. The van der Waals surface area contributed by atoms with E-state index in [1.165, 1.54) is 31.7 Å². The Kier molecular flexibility index (Phi) is 9.14. The number of amides is 1. The number of hydrogen-bond donors (Lipinski definition) is 3. The molecule has 256 valence electrons. The molecule has 0 radical (unpaired) electrons. The highest BCUT2D eigenvalue weighted by molar-refractivity contribution is 5.76. The van der Waals surface area contributed by atoms with Gasteiger partial charge in [-0.05, 0) is 122 Å². The Morgan fingerprint density at radius 1 is 1.09 bits per heavy atom. The van der Waals surface area contributed by atoms with Crippen molar-refractivity contribution in [3.05, 3.63) is 53.1 Å². The van der Waals surface area contributed by atoms with Crippen molar-refractivity contribution in [2.75, 3.05) is 18.4 Å². The summed E-state index contributed by atoms with van der Waals surface area (Å²) >= 11 is 0. The van der Waals surface area contributed by atoms with Gasteiger partial charge in [0, 0.05) is 44.2 Å². The number of benzene rings is 1.